The van der Waals surface area contributed by atoms with Gasteiger partial charge in [-0.05, 0) is 12.1 Å². The number of carbonyl (C=O) groups is 1. The van der Waals surface area contributed by atoms with E-state index in [-0.39, 0.29) is 5.91 Å². The number of aromatic nitrogens is 1. The van der Waals surface area contributed by atoms with E-state index in [1.807, 2.05) is 0 Å². The van der Waals surface area contributed by atoms with E-state index in [4.69, 9.17) is 5.21 Å². The third-order valence-corrected chi connectivity index (χ3v) is 1.70. The van der Waals surface area contributed by atoms with Crippen molar-refractivity contribution in [1.82, 2.24) is 10.3 Å². The molecule has 0 bridgehead atoms. The first kappa shape index (κ1) is 11.1. The number of carbonyl (C=O) groups excluding carboxylic acids is 1. The lowest BCUT2D eigenvalue weighted by atomic mass is 10.2. The lowest BCUT2D eigenvalue weighted by Gasteiger charge is -2.01. The topological polar surface area (TPSA) is 102 Å². The van der Waals surface area contributed by atoms with Gasteiger partial charge in [0.05, 0.1) is 30.6 Å². The maximum atomic E-state index is 11.4. The molecule has 0 aliphatic heterocycles. The van der Waals surface area contributed by atoms with Gasteiger partial charge in [-0.1, -0.05) is 5.16 Å². The van der Waals surface area contributed by atoms with Gasteiger partial charge >= 0.3 is 0 Å². The third-order valence-electron chi connectivity index (χ3n) is 1.70. The van der Waals surface area contributed by atoms with Gasteiger partial charge in [0.1, 0.15) is 0 Å². The third kappa shape index (κ3) is 3.35. The van der Waals surface area contributed by atoms with Gasteiger partial charge in [-0.3, -0.25) is 9.78 Å². The number of hydrogen-bond acceptors (Lipinski definition) is 4. The summed E-state index contributed by atoms with van der Waals surface area (Å²) in [4.78, 5) is 15.3. The van der Waals surface area contributed by atoms with Crippen molar-refractivity contribution in [2.45, 2.75) is 0 Å². The molecular formula is C9H13N4O2+. The standard InChI is InChI=1S/C9H12N4O2/c10-3-4-11-9(14)7-1-2-8(6-13-15)12-5-7/h1-2,5-6,15H,3-4,10H2,(H,11,14)/p+1/b13-6+. The average molecular weight is 209 g/mol. The Hall–Kier alpha value is -1.95. The molecule has 0 saturated carbocycles. The van der Waals surface area contributed by atoms with Crippen LogP contribution in [0.15, 0.2) is 23.5 Å². The molecule has 6 heteroatoms. The fourth-order valence-corrected chi connectivity index (χ4v) is 0.979. The maximum absolute atomic E-state index is 11.4. The number of nitrogens with one attached hydrogen (secondary N) is 1. The molecule has 0 radical (unpaired) electrons. The van der Waals surface area contributed by atoms with Gasteiger partial charge in [0.15, 0.2) is 0 Å². The summed E-state index contributed by atoms with van der Waals surface area (Å²) in [6, 6.07) is 3.21. The predicted octanol–water partition coefficient (Wildman–Crippen LogP) is -1.14. The summed E-state index contributed by atoms with van der Waals surface area (Å²) in [5.74, 6) is -0.182. The summed E-state index contributed by atoms with van der Waals surface area (Å²) in [5.41, 5.74) is 4.58. The minimum absolute atomic E-state index is 0.182. The molecule has 1 aromatic heterocycles. The van der Waals surface area contributed by atoms with Crippen LogP contribution >= 0.6 is 0 Å². The van der Waals surface area contributed by atoms with Crippen LogP contribution in [-0.4, -0.2) is 35.4 Å². The molecule has 0 saturated heterocycles. The molecule has 0 aromatic carbocycles. The smallest absolute Gasteiger partial charge is 0.253 e. The second-order valence-electron chi connectivity index (χ2n) is 2.83. The zero-order valence-corrected chi connectivity index (χ0v) is 8.18. The van der Waals surface area contributed by atoms with E-state index in [9.17, 15) is 4.79 Å². The molecule has 0 unspecified atom stereocenters. The molecule has 1 amide bonds. The second-order valence-corrected chi connectivity index (χ2v) is 2.83. The summed E-state index contributed by atoms with van der Waals surface area (Å²) in [6.45, 7) is 1.19. The van der Waals surface area contributed by atoms with E-state index < -0.39 is 0 Å². The largest absolute Gasteiger partial charge is 0.411 e. The zero-order chi connectivity index (χ0) is 11.1. The molecule has 1 aromatic rings. The van der Waals surface area contributed by atoms with Crippen molar-refractivity contribution >= 4 is 12.1 Å². The Morgan fingerprint density at radius 1 is 1.67 bits per heavy atom. The Morgan fingerprint density at radius 2 is 2.47 bits per heavy atom. The number of hydrogen-bond donors (Lipinski definition) is 3. The number of amides is 1. The Bertz CT molecular complexity index is 348. The van der Waals surface area contributed by atoms with Crippen LogP contribution < -0.4 is 11.1 Å². The Morgan fingerprint density at radius 3 is 3.00 bits per heavy atom. The van der Waals surface area contributed by atoms with Crippen molar-refractivity contribution < 1.29 is 15.7 Å². The molecule has 15 heavy (non-hydrogen) atoms. The van der Waals surface area contributed by atoms with Crippen molar-refractivity contribution in [2.24, 2.45) is 5.16 Å². The van der Waals surface area contributed by atoms with E-state index in [1.54, 1.807) is 12.1 Å². The first-order valence-electron chi connectivity index (χ1n) is 4.49. The summed E-state index contributed by atoms with van der Waals surface area (Å²) in [7, 11) is 0. The van der Waals surface area contributed by atoms with Crippen molar-refractivity contribution in [3.8, 4) is 0 Å². The molecule has 5 N–H and O–H groups in total. The number of oxime groups is 1. The Kier molecular flexibility index (Phi) is 4.24. The zero-order valence-electron chi connectivity index (χ0n) is 8.18. The van der Waals surface area contributed by atoms with Crippen molar-refractivity contribution in [1.29, 1.82) is 0 Å². The second kappa shape index (κ2) is 5.71. The highest BCUT2D eigenvalue weighted by Gasteiger charge is 2.04. The normalized spacial score (nSPS) is 10.5. The van der Waals surface area contributed by atoms with Gasteiger partial charge in [0.25, 0.3) is 5.91 Å². The first-order chi connectivity index (χ1) is 7.27. The molecule has 0 aliphatic carbocycles. The molecule has 80 valence electrons. The van der Waals surface area contributed by atoms with E-state index in [2.05, 4.69) is 21.2 Å². The lowest BCUT2D eigenvalue weighted by molar-refractivity contribution is -0.364. The van der Waals surface area contributed by atoms with Gasteiger partial charge in [-0.2, -0.15) is 0 Å². The summed E-state index contributed by atoms with van der Waals surface area (Å²) < 4.78 is 0. The van der Waals surface area contributed by atoms with Gasteiger partial charge in [-0.25, -0.2) is 0 Å². The van der Waals surface area contributed by atoms with Crippen LogP contribution in [0.3, 0.4) is 0 Å². The molecule has 1 heterocycles. The van der Waals surface area contributed by atoms with Crippen molar-refractivity contribution in [3.63, 3.8) is 0 Å². The molecule has 6 nitrogen and oxygen atoms in total. The summed E-state index contributed by atoms with van der Waals surface area (Å²) >= 11 is 0. The molecule has 1 rings (SSSR count). The van der Waals surface area contributed by atoms with Crippen LogP contribution in [0.5, 0.6) is 0 Å². The summed E-state index contributed by atoms with van der Waals surface area (Å²) in [5, 5.41) is 13.8. The molecule has 0 atom stereocenters. The van der Waals surface area contributed by atoms with Crippen molar-refractivity contribution in [3.05, 3.63) is 29.6 Å². The maximum Gasteiger partial charge on any atom is 0.253 e. The van der Waals surface area contributed by atoms with Crippen LogP contribution in [0.25, 0.3) is 0 Å². The van der Waals surface area contributed by atoms with Gasteiger partial charge in [-0.15, -0.1) is 0 Å². The van der Waals surface area contributed by atoms with Crippen molar-refractivity contribution in [2.75, 3.05) is 13.1 Å². The van der Waals surface area contributed by atoms with E-state index in [1.165, 1.54) is 12.4 Å². The quantitative estimate of drug-likeness (QED) is 0.332. The van der Waals surface area contributed by atoms with Crippen LogP contribution in [-0.2, 0) is 0 Å². The molecular weight excluding hydrogens is 196 g/mol. The van der Waals surface area contributed by atoms with E-state index in [0.717, 1.165) is 0 Å². The molecule has 0 spiro atoms. The monoisotopic (exact) mass is 209 g/mol. The lowest BCUT2D eigenvalue weighted by Crippen LogP contribution is -2.54. The van der Waals surface area contributed by atoms with Gasteiger partial charge < -0.3 is 16.3 Å². The van der Waals surface area contributed by atoms with Gasteiger partial charge in [0, 0.05) is 6.20 Å². The Labute approximate surface area is 86.8 Å². The summed E-state index contributed by atoms with van der Waals surface area (Å²) in [6.07, 6.45) is 2.62. The van der Waals surface area contributed by atoms with Crippen LogP contribution in [0.1, 0.15) is 16.1 Å². The average Bonchev–Trinajstić information content (AvgIpc) is 2.27. The Balaban J connectivity index is 2.66. The van der Waals surface area contributed by atoms with E-state index >= 15 is 0 Å². The highest BCUT2D eigenvalue weighted by Crippen LogP contribution is 1.98. The molecule has 0 fully saturated rings. The minimum Gasteiger partial charge on any atom is -0.411 e. The fraction of sp³-hybridized carbons (Fsp3) is 0.222. The predicted molar refractivity (Wildman–Crippen MR) is 53.7 cm³/mol. The number of nitrogens with zero attached hydrogens (tertiary/aromatic N) is 2. The van der Waals surface area contributed by atoms with Crippen LogP contribution in [0.2, 0.25) is 0 Å². The highest BCUT2D eigenvalue weighted by molar-refractivity contribution is 5.94. The fourth-order valence-electron chi connectivity index (χ4n) is 0.979. The SMILES string of the molecule is [NH3+]CCNC(=O)c1ccc(/C=N/O)nc1. The minimum atomic E-state index is -0.182. The number of rotatable bonds is 4. The van der Waals surface area contributed by atoms with Crippen LogP contribution in [0.4, 0.5) is 0 Å². The molecule has 0 aliphatic rings. The van der Waals surface area contributed by atoms with E-state index in [0.29, 0.717) is 24.3 Å². The number of quaternary nitrogens is 1. The number of pyridine rings is 1. The van der Waals surface area contributed by atoms with Crippen LogP contribution in [0, 0.1) is 0 Å². The first-order valence-corrected chi connectivity index (χ1v) is 4.49. The highest BCUT2D eigenvalue weighted by atomic mass is 16.4. The van der Waals surface area contributed by atoms with Gasteiger partial charge in [0.2, 0.25) is 0 Å².